The minimum atomic E-state index is -0.0466. The lowest BCUT2D eigenvalue weighted by Crippen LogP contribution is -2.24. The van der Waals surface area contributed by atoms with Crippen molar-refractivity contribution in [3.63, 3.8) is 0 Å². The van der Waals surface area contributed by atoms with Gasteiger partial charge in [0.05, 0.1) is 7.11 Å². The Kier molecular flexibility index (Phi) is 8.71. The highest BCUT2D eigenvalue weighted by Crippen LogP contribution is 2.31. The molecule has 0 spiro atoms. The maximum Gasteiger partial charge on any atom is 0.243 e. The van der Waals surface area contributed by atoms with Gasteiger partial charge in [-0.1, -0.05) is 37.6 Å². The van der Waals surface area contributed by atoms with Crippen LogP contribution in [-0.4, -0.2) is 43.9 Å². The molecular formula is C26H33N3O2. The summed E-state index contributed by atoms with van der Waals surface area (Å²) in [6.07, 6.45) is 14.6. The number of carbonyl (C=O) groups is 1. The molecule has 164 valence electrons. The first-order chi connectivity index (χ1) is 15.2. The van der Waals surface area contributed by atoms with Gasteiger partial charge < -0.3 is 15.0 Å². The van der Waals surface area contributed by atoms with Crippen LogP contribution in [0.4, 0.5) is 0 Å². The molecule has 3 rings (SSSR count). The number of nitrogens with zero attached hydrogens (tertiary/aromatic N) is 2. The van der Waals surface area contributed by atoms with Gasteiger partial charge in [-0.25, -0.2) is 0 Å². The molecule has 0 saturated heterocycles. The third kappa shape index (κ3) is 6.45. The van der Waals surface area contributed by atoms with Crippen molar-refractivity contribution in [2.24, 2.45) is 4.99 Å². The van der Waals surface area contributed by atoms with Crippen molar-refractivity contribution in [1.82, 2.24) is 10.2 Å². The minimum absolute atomic E-state index is 0.0466. The Balaban J connectivity index is 1.58. The molecule has 0 fully saturated rings. The van der Waals surface area contributed by atoms with Gasteiger partial charge in [0.1, 0.15) is 12.4 Å². The Labute approximate surface area is 185 Å². The van der Waals surface area contributed by atoms with Gasteiger partial charge in [0.15, 0.2) is 0 Å². The van der Waals surface area contributed by atoms with E-state index in [0.29, 0.717) is 6.54 Å². The van der Waals surface area contributed by atoms with Crippen LogP contribution in [0.15, 0.2) is 53.7 Å². The molecule has 0 atom stereocenters. The second kappa shape index (κ2) is 11.9. The molecule has 5 heteroatoms. The molecule has 2 aromatic rings. The van der Waals surface area contributed by atoms with Gasteiger partial charge >= 0.3 is 0 Å². The lowest BCUT2D eigenvalue weighted by atomic mass is 9.94. The van der Waals surface area contributed by atoms with Crippen LogP contribution in [-0.2, 0) is 11.2 Å². The average molecular weight is 420 g/mol. The van der Waals surface area contributed by atoms with Crippen LogP contribution in [0.1, 0.15) is 43.7 Å². The van der Waals surface area contributed by atoms with Crippen LogP contribution in [0, 0.1) is 0 Å². The Bertz CT molecular complexity index is 963. The number of benzene rings is 2. The monoisotopic (exact) mass is 419 g/mol. The highest BCUT2D eigenvalue weighted by Gasteiger charge is 2.09. The smallest absolute Gasteiger partial charge is 0.243 e. The zero-order valence-electron chi connectivity index (χ0n) is 18.6. The molecule has 2 aromatic carbocycles. The van der Waals surface area contributed by atoms with Gasteiger partial charge in [-0.2, -0.15) is 0 Å². The van der Waals surface area contributed by atoms with Crippen LogP contribution in [0.3, 0.4) is 0 Å². The first kappa shape index (κ1) is 22.6. The molecule has 0 radical (unpaired) electrons. The second-order valence-electron chi connectivity index (χ2n) is 7.75. The SMILES string of the molecule is CCCCc1c(C=CC(=O)NCCCCN2C=CC=NC2)ccc2c(OC)cccc12. The van der Waals surface area contributed by atoms with Crippen molar-refractivity contribution >= 4 is 29.0 Å². The van der Waals surface area contributed by atoms with Crippen molar-refractivity contribution in [2.45, 2.75) is 39.0 Å². The summed E-state index contributed by atoms with van der Waals surface area (Å²) < 4.78 is 5.53. The standard InChI is InChI=1S/C26H33N3O2/c1-3-4-9-22-21(12-14-24-23(22)10-7-11-25(24)31-2)13-15-26(30)28-17-5-6-18-29-19-8-16-27-20-29/h7-8,10-16,19H,3-6,9,17-18,20H2,1-2H3,(H,28,30). The molecule has 1 aliphatic heterocycles. The highest BCUT2D eigenvalue weighted by atomic mass is 16.5. The largest absolute Gasteiger partial charge is 0.496 e. The Hall–Kier alpha value is -3.08. The van der Waals surface area contributed by atoms with E-state index in [2.05, 4.69) is 46.5 Å². The van der Waals surface area contributed by atoms with Gasteiger partial charge in [0.25, 0.3) is 0 Å². The topological polar surface area (TPSA) is 53.9 Å². The summed E-state index contributed by atoms with van der Waals surface area (Å²) in [7, 11) is 1.70. The summed E-state index contributed by atoms with van der Waals surface area (Å²) in [5, 5.41) is 5.31. The van der Waals surface area contributed by atoms with E-state index in [1.54, 1.807) is 13.2 Å². The number of carbonyl (C=O) groups excluding carboxylic acids is 1. The van der Waals surface area contributed by atoms with Crippen molar-refractivity contribution in [1.29, 1.82) is 0 Å². The minimum Gasteiger partial charge on any atom is -0.496 e. The zero-order valence-corrected chi connectivity index (χ0v) is 18.6. The maximum absolute atomic E-state index is 12.3. The third-order valence-corrected chi connectivity index (χ3v) is 5.51. The number of hydrogen-bond donors (Lipinski definition) is 1. The van der Waals surface area contributed by atoms with E-state index < -0.39 is 0 Å². The number of aliphatic imine (C=N–C) groups is 1. The summed E-state index contributed by atoms with van der Waals surface area (Å²) in [4.78, 5) is 18.7. The highest BCUT2D eigenvalue weighted by molar-refractivity contribution is 5.96. The Morgan fingerprint density at radius 3 is 2.87 bits per heavy atom. The molecule has 0 unspecified atom stereocenters. The molecule has 1 N–H and O–H groups in total. The summed E-state index contributed by atoms with van der Waals surface area (Å²) in [5.41, 5.74) is 2.38. The number of rotatable bonds is 11. The van der Waals surface area contributed by atoms with E-state index in [1.165, 1.54) is 10.9 Å². The molecule has 5 nitrogen and oxygen atoms in total. The summed E-state index contributed by atoms with van der Waals surface area (Å²) >= 11 is 0. The molecule has 31 heavy (non-hydrogen) atoms. The van der Waals surface area contributed by atoms with Crippen molar-refractivity contribution in [2.75, 3.05) is 26.9 Å². The summed E-state index contributed by atoms with van der Waals surface area (Å²) in [6, 6.07) is 10.3. The third-order valence-electron chi connectivity index (χ3n) is 5.51. The Morgan fingerprint density at radius 2 is 2.10 bits per heavy atom. The lowest BCUT2D eigenvalue weighted by Gasteiger charge is -2.19. The number of ether oxygens (including phenoxy) is 1. The normalized spacial score (nSPS) is 13.3. The van der Waals surface area contributed by atoms with Crippen LogP contribution in [0.2, 0.25) is 0 Å². The number of nitrogens with one attached hydrogen (secondary N) is 1. The van der Waals surface area contributed by atoms with E-state index in [1.807, 2.05) is 30.5 Å². The number of aryl methyl sites for hydroxylation is 1. The van der Waals surface area contributed by atoms with Gasteiger partial charge in [0.2, 0.25) is 5.91 Å². The lowest BCUT2D eigenvalue weighted by molar-refractivity contribution is -0.116. The molecular weight excluding hydrogens is 386 g/mol. The second-order valence-corrected chi connectivity index (χ2v) is 7.75. The van der Waals surface area contributed by atoms with Gasteiger partial charge in [0, 0.05) is 37.0 Å². The fraction of sp³-hybridized carbons (Fsp3) is 0.385. The number of hydrogen-bond acceptors (Lipinski definition) is 4. The number of amides is 1. The van der Waals surface area contributed by atoms with E-state index >= 15 is 0 Å². The maximum atomic E-state index is 12.3. The molecule has 0 saturated carbocycles. The van der Waals surface area contributed by atoms with Gasteiger partial charge in [-0.05, 0) is 60.4 Å². The predicted octanol–water partition coefficient (Wildman–Crippen LogP) is 4.96. The number of methoxy groups -OCH3 is 1. The first-order valence-corrected chi connectivity index (χ1v) is 11.2. The van der Waals surface area contributed by atoms with Crippen molar-refractivity contribution in [3.8, 4) is 5.75 Å². The van der Waals surface area contributed by atoms with Crippen LogP contribution >= 0.6 is 0 Å². The fourth-order valence-corrected chi connectivity index (χ4v) is 3.82. The quantitative estimate of drug-likeness (QED) is 0.414. The zero-order chi connectivity index (χ0) is 21.9. The Morgan fingerprint density at radius 1 is 1.19 bits per heavy atom. The molecule has 1 heterocycles. The van der Waals surface area contributed by atoms with Gasteiger partial charge in [-0.3, -0.25) is 9.79 Å². The van der Waals surface area contributed by atoms with Crippen LogP contribution < -0.4 is 10.1 Å². The molecule has 0 aromatic heterocycles. The summed E-state index contributed by atoms with van der Waals surface area (Å²) in [5.74, 6) is 0.838. The van der Waals surface area contributed by atoms with Gasteiger partial charge in [-0.15, -0.1) is 0 Å². The number of unbranched alkanes of at least 4 members (excludes halogenated alkanes) is 2. The summed E-state index contributed by atoms with van der Waals surface area (Å²) in [6.45, 7) is 4.57. The first-order valence-electron chi connectivity index (χ1n) is 11.2. The van der Waals surface area contributed by atoms with Crippen LogP contribution in [0.5, 0.6) is 5.75 Å². The molecule has 1 aliphatic rings. The van der Waals surface area contributed by atoms with E-state index in [-0.39, 0.29) is 5.91 Å². The van der Waals surface area contributed by atoms with Crippen molar-refractivity contribution < 1.29 is 9.53 Å². The van der Waals surface area contributed by atoms with Crippen LogP contribution in [0.25, 0.3) is 16.8 Å². The fourth-order valence-electron chi connectivity index (χ4n) is 3.82. The number of allylic oxidation sites excluding steroid dienone is 1. The average Bonchev–Trinajstić information content (AvgIpc) is 2.81. The molecule has 1 amide bonds. The van der Waals surface area contributed by atoms with E-state index in [4.69, 9.17) is 4.74 Å². The predicted molar refractivity (Wildman–Crippen MR) is 130 cm³/mol. The van der Waals surface area contributed by atoms with Crippen molar-refractivity contribution in [3.05, 3.63) is 59.8 Å². The van der Waals surface area contributed by atoms with E-state index in [9.17, 15) is 4.79 Å². The molecule has 0 aliphatic carbocycles. The van der Waals surface area contributed by atoms with E-state index in [0.717, 1.165) is 62.0 Å². The number of fused-ring (bicyclic) bond motifs is 1. The molecule has 0 bridgehead atoms.